The Morgan fingerprint density at radius 2 is 1.77 bits per heavy atom. The Kier molecular flexibility index (Phi) is 8.89. The van der Waals surface area contributed by atoms with Crippen molar-refractivity contribution in [2.24, 2.45) is 0 Å². The largest absolute Gasteiger partial charge is 0.772 e. The molecular formula is C10H15N3O8S-2. The summed E-state index contributed by atoms with van der Waals surface area (Å²) in [5.74, 6) is -5.60. The molecule has 0 radical (unpaired) electrons. The van der Waals surface area contributed by atoms with Crippen LogP contribution in [0.4, 0.5) is 0 Å². The van der Waals surface area contributed by atoms with Crippen LogP contribution in [0.15, 0.2) is 0 Å². The molecule has 0 heterocycles. The van der Waals surface area contributed by atoms with Crippen LogP contribution >= 0.6 is 0 Å². The van der Waals surface area contributed by atoms with E-state index >= 15 is 0 Å². The maximum atomic E-state index is 11.6. The Bertz CT molecular complexity index is 469. The standard InChI is InChI=1S/C10H17N3O8S/c11-5(10(18)19)1-2-7(14)13-6(4-22(20)21)9(17)12-3-8(15)16/h5-6H,1-4,11H2,(H,12,17)(H,13,14)(H,15,16)(H,18,19)(H,20,21)/p-2/t5-,6-/m0/s1. The van der Waals surface area contributed by atoms with E-state index in [4.69, 9.17) is 0 Å². The third kappa shape index (κ3) is 8.99. The van der Waals surface area contributed by atoms with E-state index in [2.05, 4.69) is 11.1 Å². The molecule has 0 aliphatic rings. The predicted octanol–water partition coefficient (Wildman–Crippen LogP) is -6.64. The normalized spacial score (nSPS) is 14.5. The highest BCUT2D eigenvalue weighted by Gasteiger charge is 2.21. The fourth-order valence-electron chi connectivity index (χ4n) is 1.29. The fraction of sp³-hybridized carbons (Fsp3) is 0.600. The zero-order valence-electron chi connectivity index (χ0n) is 11.4. The molecule has 0 spiro atoms. The molecule has 0 aliphatic carbocycles. The topological polar surface area (TPSA) is 206 Å². The van der Waals surface area contributed by atoms with Crippen LogP contribution < -0.4 is 26.6 Å². The first-order valence-electron chi connectivity index (χ1n) is 6.00. The first kappa shape index (κ1) is 19.9. The Morgan fingerprint density at radius 3 is 2.23 bits per heavy atom. The lowest BCUT2D eigenvalue weighted by atomic mass is 10.1. The predicted molar refractivity (Wildman–Crippen MR) is 64.7 cm³/mol. The number of aliphatic carboxylic acids is 2. The Labute approximate surface area is 127 Å². The lowest BCUT2D eigenvalue weighted by molar-refractivity contribution is -0.438. The molecule has 2 amide bonds. The highest BCUT2D eigenvalue weighted by molar-refractivity contribution is 7.79. The molecule has 12 heteroatoms. The van der Waals surface area contributed by atoms with Gasteiger partial charge in [-0.25, -0.2) is 0 Å². The van der Waals surface area contributed by atoms with Gasteiger partial charge in [-0.05, 0) is 0 Å². The Morgan fingerprint density at radius 1 is 1.18 bits per heavy atom. The molecule has 0 aromatic carbocycles. The minimum absolute atomic E-state index is 0.165. The van der Waals surface area contributed by atoms with Crippen LogP contribution in [0.3, 0.4) is 0 Å². The van der Waals surface area contributed by atoms with Gasteiger partial charge in [-0.1, -0.05) is 11.1 Å². The van der Waals surface area contributed by atoms with Gasteiger partial charge in [0.2, 0.25) is 11.8 Å². The van der Waals surface area contributed by atoms with Gasteiger partial charge in [0.1, 0.15) is 12.1 Å². The molecule has 1 unspecified atom stereocenters. The number of carboxylic acids is 2. The molecule has 5 N–H and O–H groups in total. The molecule has 0 rings (SSSR count). The summed E-state index contributed by atoms with van der Waals surface area (Å²) in [5, 5.41) is 24.6. The van der Waals surface area contributed by atoms with E-state index in [1.54, 1.807) is 0 Å². The van der Waals surface area contributed by atoms with Gasteiger partial charge >= 0.3 is 0 Å². The van der Waals surface area contributed by atoms with E-state index in [0.717, 1.165) is 0 Å². The summed E-state index contributed by atoms with van der Waals surface area (Å²) in [6.45, 7) is -0.845. The molecule has 126 valence electrons. The van der Waals surface area contributed by atoms with Crippen LogP contribution in [-0.2, 0) is 30.3 Å². The van der Waals surface area contributed by atoms with Gasteiger partial charge < -0.3 is 40.7 Å². The number of quaternary nitrogens is 1. The van der Waals surface area contributed by atoms with E-state index in [0.29, 0.717) is 0 Å². The Balaban J connectivity index is 4.53. The van der Waals surface area contributed by atoms with Gasteiger partial charge in [-0.3, -0.25) is 13.8 Å². The van der Waals surface area contributed by atoms with Gasteiger partial charge in [0.25, 0.3) is 0 Å². The van der Waals surface area contributed by atoms with Crippen LogP contribution in [0, 0.1) is 0 Å². The Hall–Kier alpha value is -2.05. The smallest absolute Gasteiger partial charge is 0.243 e. The highest BCUT2D eigenvalue weighted by atomic mass is 32.2. The second-order valence-electron chi connectivity index (χ2n) is 4.23. The van der Waals surface area contributed by atoms with Gasteiger partial charge in [-0.2, -0.15) is 0 Å². The first-order chi connectivity index (χ1) is 10.1. The molecule has 0 saturated carbocycles. The summed E-state index contributed by atoms with van der Waals surface area (Å²) >= 11 is -2.67. The summed E-state index contributed by atoms with van der Waals surface area (Å²) in [6.07, 6.45) is -0.486. The van der Waals surface area contributed by atoms with Crippen LogP contribution in [-0.4, -0.2) is 56.9 Å². The van der Waals surface area contributed by atoms with E-state index in [-0.39, 0.29) is 12.8 Å². The second kappa shape index (κ2) is 9.81. The average Bonchev–Trinajstić information content (AvgIpc) is 2.40. The van der Waals surface area contributed by atoms with E-state index in [9.17, 15) is 38.2 Å². The van der Waals surface area contributed by atoms with Gasteiger partial charge in [-0.15, -0.1) is 0 Å². The van der Waals surface area contributed by atoms with Crippen molar-refractivity contribution in [2.75, 3.05) is 12.3 Å². The average molecular weight is 337 g/mol. The van der Waals surface area contributed by atoms with Gasteiger partial charge in [0, 0.05) is 18.6 Å². The number of hydrogen-bond donors (Lipinski definition) is 3. The van der Waals surface area contributed by atoms with Crippen molar-refractivity contribution in [3.05, 3.63) is 0 Å². The third-order valence-corrected chi connectivity index (χ3v) is 3.02. The van der Waals surface area contributed by atoms with Crippen LogP contribution in [0.2, 0.25) is 0 Å². The summed E-state index contributed by atoms with van der Waals surface area (Å²) in [6, 6.07) is -2.64. The van der Waals surface area contributed by atoms with Crippen molar-refractivity contribution in [3.63, 3.8) is 0 Å². The molecule has 0 saturated heterocycles. The van der Waals surface area contributed by atoms with Gasteiger partial charge in [0.15, 0.2) is 0 Å². The number of carbonyl (C=O) groups excluding carboxylic acids is 4. The van der Waals surface area contributed by atoms with Crippen molar-refractivity contribution >= 4 is 34.8 Å². The molecule has 3 atom stereocenters. The van der Waals surface area contributed by atoms with Crippen LogP contribution in [0.25, 0.3) is 0 Å². The van der Waals surface area contributed by atoms with Gasteiger partial charge in [0.05, 0.1) is 18.5 Å². The molecule has 11 nitrogen and oxygen atoms in total. The molecule has 0 fully saturated rings. The third-order valence-electron chi connectivity index (χ3n) is 2.41. The quantitative estimate of drug-likeness (QED) is 0.326. The number of carboxylic acid groups (broad SMARTS) is 2. The summed E-state index contributed by atoms with van der Waals surface area (Å²) in [5.41, 5.74) is 3.23. The van der Waals surface area contributed by atoms with Crippen molar-refractivity contribution in [3.8, 4) is 0 Å². The van der Waals surface area contributed by atoms with E-state index in [1.807, 2.05) is 5.32 Å². The van der Waals surface area contributed by atoms with E-state index in [1.165, 1.54) is 0 Å². The monoisotopic (exact) mass is 337 g/mol. The number of carbonyl (C=O) groups is 4. The molecule has 0 bridgehead atoms. The summed E-state index contributed by atoms with van der Waals surface area (Å²) in [7, 11) is 0. The first-order valence-corrected chi connectivity index (χ1v) is 7.24. The van der Waals surface area contributed by atoms with Crippen molar-refractivity contribution in [1.29, 1.82) is 0 Å². The number of nitrogens with one attached hydrogen (secondary N) is 2. The molecule has 0 aromatic heterocycles. The lowest BCUT2D eigenvalue weighted by Gasteiger charge is -2.20. The number of rotatable bonds is 10. The van der Waals surface area contributed by atoms with Crippen molar-refractivity contribution < 1.29 is 43.9 Å². The summed E-state index contributed by atoms with van der Waals surface area (Å²) < 4.78 is 21.3. The molecular weight excluding hydrogens is 322 g/mol. The minimum atomic E-state index is -2.67. The van der Waals surface area contributed by atoms with Crippen molar-refractivity contribution in [2.45, 2.75) is 24.9 Å². The highest BCUT2D eigenvalue weighted by Crippen LogP contribution is 1.95. The fourth-order valence-corrected chi connectivity index (χ4v) is 1.80. The molecule has 0 aromatic rings. The number of amides is 2. The van der Waals surface area contributed by atoms with Crippen LogP contribution in [0.5, 0.6) is 0 Å². The van der Waals surface area contributed by atoms with Crippen molar-refractivity contribution in [1.82, 2.24) is 10.6 Å². The zero-order valence-corrected chi connectivity index (χ0v) is 12.2. The maximum absolute atomic E-state index is 11.6. The number of hydrogen-bond acceptors (Lipinski definition) is 8. The second-order valence-corrected chi connectivity index (χ2v) is 5.18. The SMILES string of the molecule is [NH3+][C@@H](CCC(=O)N[C@@H](CS(=O)[O-])C(=O)NCC(=O)[O-])C(=O)[O-]. The zero-order chi connectivity index (χ0) is 17.3. The molecule has 0 aliphatic heterocycles. The van der Waals surface area contributed by atoms with E-state index < -0.39 is 59.2 Å². The molecule has 22 heavy (non-hydrogen) atoms. The lowest BCUT2D eigenvalue weighted by Crippen LogP contribution is -2.68. The minimum Gasteiger partial charge on any atom is -0.772 e. The summed E-state index contributed by atoms with van der Waals surface area (Å²) in [4.78, 5) is 43.7. The van der Waals surface area contributed by atoms with Crippen LogP contribution in [0.1, 0.15) is 12.8 Å². The maximum Gasteiger partial charge on any atom is 0.243 e.